The van der Waals surface area contributed by atoms with Crippen LogP contribution in [0.5, 0.6) is 0 Å². The van der Waals surface area contributed by atoms with Crippen LogP contribution >= 0.6 is 38.9 Å². The van der Waals surface area contributed by atoms with Gasteiger partial charge in [-0.3, -0.25) is 9.52 Å². The fraction of sp³-hybridized carbons (Fsp3) is 0.0556. The summed E-state index contributed by atoms with van der Waals surface area (Å²) in [5.74, 6) is -0.308. The molecule has 0 spiro atoms. The van der Waals surface area contributed by atoms with Gasteiger partial charge in [0.15, 0.2) is 0 Å². The molecular weight excluding hydrogens is 472 g/mol. The Balaban J connectivity index is 1.88. The van der Waals surface area contributed by atoms with Gasteiger partial charge in [0.25, 0.3) is 15.9 Å². The number of nitrogens with one attached hydrogen (secondary N) is 2. The van der Waals surface area contributed by atoms with E-state index in [-0.39, 0.29) is 16.5 Å². The lowest BCUT2D eigenvalue weighted by atomic mass is 10.2. The van der Waals surface area contributed by atoms with Gasteiger partial charge in [0.1, 0.15) is 0 Å². The maximum Gasteiger partial charge on any atom is 0.265 e. The molecule has 3 aromatic rings. The third-order valence-electron chi connectivity index (χ3n) is 3.65. The Bertz CT molecular complexity index is 1110. The Kier molecular flexibility index (Phi) is 5.90. The first-order valence-corrected chi connectivity index (χ1v) is 11.2. The van der Waals surface area contributed by atoms with Gasteiger partial charge < -0.3 is 5.32 Å². The van der Waals surface area contributed by atoms with Crippen LogP contribution in [0.25, 0.3) is 0 Å². The molecule has 0 saturated carbocycles. The standard InChI is InChI=1S/C18H14BrClN2O3S2/c1-11-6-7-12(21-18(23)15-8-9-17(19)26-15)10-16(11)27(24,25)22-14-5-3-2-4-13(14)20/h2-10,22H,1H3,(H,21,23). The maximum atomic E-state index is 12.8. The first-order valence-electron chi connectivity index (χ1n) is 7.71. The Labute approximate surface area is 174 Å². The predicted octanol–water partition coefficient (Wildman–Crippen LogP) is 5.53. The maximum absolute atomic E-state index is 12.8. The molecule has 0 radical (unpaired) electrons. The van der Waals surface area contributed by atoms with Crippen molar-refractivity contribution in [3.63, 3.8) is 0 Å². The summed E-state index contributed by atoms with van der Waals surface area (Å²) in [6.07, 6.45) is 0. The molecule has 1 heterocycles. The fourth-order valence-electron chi connectivity index (χ4n) is 2.34. The number of halogens is 2. The molecule has 1 aromatic heterocycles. The van der Waals surface area contributed by atoms with Crippen LogP contribution in [0.4, 0.5) is 11.4 Å². The number of carbonyl (C=O) groups is 1. The number of aryl methyl sites for hydroxylation is 1. The number of rotatable bonds is 5. The van der Waals surface area contributed by atoms with Crippen molar-refractivity contribution in [1.82, 2.24) is 0 Å². The van der Waals surface area contributed by atoms with E-state index in [1.807, 2.05) is 0 Å². The van der Waals surface area contributed by atoms with Crippen LogP contribution in [0.15, 0.2) is 63.3 Å². The average molecular weight is 486 g/mol. The summed E-state index contributed by atoms with van der Waals surface area (Å²) in [5, 5.41) is 3.02. The lowest BCUT2D eigenvalue weighted by Gasteiger charge is -2.13. The number of thiophene rings is 1. The van der Waals surface area contributed by atoms with Gasteiger partial charge >= 0.3 is 0 Å². The molecule has 0 fully saturated rings. The summed E-state index contributed by atoms with van der Waals surface area (Å²) in [6.45, 7) is 1.68. The van der Waals surface area contributed by atoms with Crippen LogP contribution in [0.1, 0.15) is 15.2 Å². The van der Waals surface area contributed by atoms with Crippen molar-refractivity contribution in [3.8, 4) is 0 Å². The highest BCUT2D eigenvalue weighted by Crippen LogP contribution is 2.28. The second-order valence-corrected chi connectivity index (χ2v) is 10.1. The monoisotopic (exact) mass is 484 g/mol. The molecule has 0 saturated heterocycles. The molecule has 140 valence electrons. The zero-order valence-corrected chi connectivity index (χ0v) is 18.0. The number of hydrogen-bond acceptors (Lipinski definition) is 4. The molecule has 0 bridgehead atoms. The number of hydrogen-bond donors (Lipinski definition) is 2. The molecule has 0 unspecified atom stereocenters. The van der Waals surface area contributed by atoms with Gasteiger partial charge in [-0.1, -0.05) is 29.8 Å². The second-order valence-electron chi connectivity index (χ2n) is 5.62. The molecule has 2 N–H and O–H groups in total. The van der Waals surface area contributed by atoms with E-state index in [2.05, 4.69) is 26.0 Å². The first kappa shape index (κ1) is 19.9. The highest BCUT2D eigenvalue weighted by molar-refractivity contribution is 9.11. The third kappa shape index (κ3) is 4.70. The lowest BCUT2D eigenvalue weighted by molar-refractivity contribution is 0.103. The highest BCUT2D eigenvalue weighted by atomic mass is 79.9. The van der Waals surface area contributed by atoms with E-state index in [1.54, 1.807) is 55.5 Å². The van der Waals surface area contributed by atoms with Crippen molar-refractivity contribution in [1.29, 1.82) is 0 Å². The highest BCUT2D eigenvalue weighted by Gasteiger charge is 2.19. The van der Waals surface area contributed by atoms with Crippen molar-refractivity contribution < 1.29 is 13.2 Å². The Hall–Kier alpha value is -1.87. The normalized spacial score (nSPS) is 11.2. The summed E-state index contributed by atoms with van der Waals surface area (Å²) < 4.78 is 28.9. The van der Waals surface area contributed by atoms with Gasteiger partial charge in [0.05, 0.1) is 24.3 Å². The van der Waals surface area contributed by atoms with Gasteiger partial charge in [-0.2, -0.15) is 0 Å². The quantitative estimate of drug-likeness (QED) is 0.499. The molecular formula is C18H14BrClN2O3S2. The van der Waals surface area contributed by atoms with Crippen LogP contribution in [-0.4, -0.2) is 14.3 Å². The Morgan fingerprint density at radius 1 is 1.11 bits per heavy atom. The molecule has 2 aromatic carbocycles. The lowest BCUT2D eigenvalue weighted by Crippen LogP contribution is -2.16. The number of carbonyl (C=O) groups excluding carboxylic acids is 1. The van der Waals surface area contributed by atoms with E-state index in [0.29, 0.717) is 21.2 Å². The molecule has 0 atom stereocenters. The number of anilines is 2. The van der Waals surface area contributed by atoms with E-state index < -0.39 is 10.0 Å². The van der Waals surface area contributed by atoms with Crippen LogP contribution in [0, 0.1) is 6.92 Å². The fourth-order valence-corrected chi connectivity index (χ4v) is 5.21. The predicted molar refractivity (Wildman–Crippen MR) is 113 cm³/mol. The van der Waals surface area contributed by atoms with Crippen molar-refractivity contribution >= 4 is 66.2 Å². The largest absolute Gasteiger partial charge is 0.321 e. The summed E-state index contributed by atoms with van der Waals surface area (Å²) in [4.78, 5) is 12.9. The molecule has 5 nitrogen and oxygen atoms in total. The Morgan fingerprint density at radius 3 is 2.52 bits per heavy atom. The summed E-state index contributed by atoms with van der Waals surface area (Å²) in [7, 11) is -3.88. The summed E-state index contributed by atoms with van der Waals surface area (Å²) in [5.41, 5.74) is 1.22. The smallest absolute Gasteiger partial charge is 0.265 e. The average Bonchev–Trinajstić information content (AvgIpc) is 3.05. The third-order valence-corrected chi connectivity index (χ3v) is 7.11. The summed E-state index contributed by atoms with van der Waals surface area (Å²) in [6, 6.07) is 14.8. The number of benzene rings is 2. The van der Waals surface area contributed by atoms with Crippen molar-refractivity contribution in [2.75, 3.05) is 10.0 Å². The van der Waals surface area contributed by atoms with Gasteiger partial charge in [-0.05, 0) is 64.8 Å². The minimum Gasteiger partial charge on any atom is -0.321 e. The van der Waals surface area contributed by atoms with E-state index in [1.165, 1.54) is 17.4 Å². The first-order chi connectivity index (χ1) is 12.8. The van der Waals surface area contributed by atoms with Crippen molar-refractivity contribution in [2.45, 2.75) is 11.8 Å². The van der Waals surface area contributed by atoms with E-state index in [9.17, 15) is 13.2 Å². The van der Waals surface area contributed by atoms with E-state index >= 15 is 0 Å². The second kappa shape index (κ2) is 8.02. The van der Waals surface area contributed by atoms with Gasteiger partial charge in [0, 0.05) is 5.69 Å². The van der Waals surface area contributed by atoms with E-state index in [0.717, 1.165) is 3.79 Å². The molecule has 9 heteroatoms. The van der Waals surface area contributed by atoms with Gasteiger partial charge in [-0.25, -0.2) is 8.42 Å². The van der Waals surface area contributed by atoms with Crippen molar-refractivity contribution in [3.05, 3.63) is 73.8 Å². The van der Waals surface area contributed by atoms with E-state index in [4.69, 9.17) is 11.6 Å². The zero-order chi connectivity index (χ0) is 19.6. The van der Waals surface area contributed by atoms with Gasteiger partial charge in [-0.15, -0.1) is 11.3 Å². The molecule has 0 aliphatic heterocycles. The number of sulfonamides is 1. The zero-order valence-electron chi connectivity index (χ0n) is 14.0. The SMILES string of the molecule is Cc1ccc(NC(=O)c2ccc(Br)s2)cc1S(=O)(=O)Nc1ccccc1Cl. The summed E-state index contributed by atoms with van der Waals surface area (Å²) >= 11 is 10.6. The minimum absolute atomic E-state index is 0.0626. The molecule has 0 aliphatic carbocycles. The molecule has 3 rings (SSSR count). The number of para-hydroxylation sites is 1. The van der Waals surface area contributed by atoms with Crippen molar-refractivity contribution in [2.24, 2.45) is 0 Å². The van der Waals surface area contributed by atoms with Crippen LogP contribution in [0.2, 0.25) is 5.02 Å². The molecule has 0 aliphatic rings. The minimum atomic E-state index is -3.88. The topological polar surface area (TPSA) is 75.3 Å². The number of amides is 1. The Morgan fingerprint density at radius 2 is 1.85 bits per heavy atom. The van der Waals surface area contributed by atoms with Crippen LogP contribution in [-0.2, 0) is 10.0 Å². The molecule has 27 heavy (non-hydrogen) atoms. The molecule has 1 amide bonds. The van der Waals surface area contributed by atoms with Crippen LogP contribution in [0.3, 0.4) is 0 Å². The van der Waals surface area contributed by atoms with Crippen LogP contribution < -0.4 is 10.0 Å². The van der Waals surface area contributed by atoms with Gasteiger partial charge in [0.2, 0.25) is 0 Å².